The molecule has 0 amide bonds. The highest BCUT2D eigenvalue weighted by Gasteiger charge is 2.13. The zero-order valence-corrected chi connectivity index (χ0v) is 15.6. The molecule has 0 saturated heterocycles. The maximum atomic E-state index is 3.72. The summed E-state index contributed by atoms with van der Waals surface area (Å²) in [5, 5.41) is 7.56. The summed E-state index contributed by atoms with van der Waals surface area (Å²) in [6.45, 7) is 0. The van der Waals surface area contributed by atoms with Gasteiger partial charge in [0.2, 0.25) is 0 Å². The summed E-state index contributed by atoms with van der Waals surface area (Å²) in [7, 11) is 0. The molecule has 4 aromatic rings. The van der Waals surface area contributed by atoms with Gasteiger partial charge in [0.1, 0.15) is 0 Å². The van der Waals surface area contributed by atoms with Crippen molar-refractivity contribution in [2.24, 2.45) is 0 Å². The molecule has 0 aliphatic rings. The van der Waals surface area contributed by atoms with Crippen molar-refractivity contribution in [3.63, 3.8) is 0 Å². The Morgan fingerprint density at radius 2 is 0.714 bits per heavy atom. The smallest absolute Gasteiger partial charge is 0.0260 e. The van der Waals surface area contributed by atoms with Gasteiger partial charge < -0.3 is 0 Å². The number of rotatable bonds is 0. The van der Waals surface area contributed by atoms with Gasteiger partial charge in [-0.15, -0.1) is 0 Å². The van der Waals surface area contributed by atoms with Gasteiger partial charge in [0.15, 0.2) is 0 Å². The average Bonchev–Trinajstić information content (AvgIpc) is 2.47. The molecule has 0 aliphatic heterocycles. The first kappa shape index (κ1) is 13.7. The van der Waals surface area contributed by atoms with Gasteiger partial charge in [-0.2, -0.15) is 0 Å². The molecule has 21 heavy (non-hydrogen) atoms. The first-order valence-corrected chi connectivity index (χ1v) is 8.93. The van der Waals surface area contributed by atoms with Crippen LogP contribution in [0.4, 0.5) is 0 Å². The Morgan fingerprint density at radius 3 is 1.00 bits per heavy atom. The molecule has 0 nitrogen and oxygen atoms in total. The highest BCUT2D eigenvalue weighted by molar-refractivity contribution is 9.11. The molecule has 0 atom stereocenters. The summed E-state index contributed by atoms with van der Waals surface area (Å²) in [6.07, 6.45) is 0. The molecular formula is C18H9Br3. The second-order valence-corrected chi connectivity index (χ2v) is 7.55. The Morgan fingerprint density at radius 1 is 0.429 bits per heavy atom. The number of hydrogen-bond acceptors (Lipinski definition) is 0. The number of fused-ring (bicyclic) bond motifs is 6. The normalized spacial score (nSPS) is 11.6. The van der Waals surface area contributed by atoms with E-state index < -0.39 is 0 Å². The molecule has 0 fully saturated rings. The van der Waals surface area contributed by atoms with Crippen molar-refractivity contribution in [3.05, 3.63) is 68.0 Å². The predicted octanol–water partition coefficient (Wildman–Crippen LogP) is 7.43. The summed E-state index contributed by atoms with van der Waals surface area (Å²) in [5.41, 5.74) is 0. The fourth-order valence-electron chi connectivity index (χ4n) is 3.02. The molecule has 0 saturated carbocycles. The zero-order chi connectivity index (χ0) is 14.6. The molecule has 4 aromatic carbocycles. The van der Waals surface area contributed by atoms with Crippen LogP contribution >= 0.6 is 47.8 Å². The van der Waals surface area contributed by atoms with Crippen molar-refractivity contribution < 1.29 is 0 Å². The minimum Gasteiger partial charge on any atom is -0.0605 e. The van der Waals surface area contributed by atoms with E-state index in [1.807, 2.05) is 0 Å². The second kappa shape index (κ2) is 5.08. The molecule has 4 rings (SSSR count). The van der Waals surface area contributed by atoms with E-state index in [9.17, 15) is 0 Å². The number of hydrogen-bond donors (Lipinski definition) is 0. The van der Waals surface area contributed by atoms with E-state index in [0.717, 1.165) is 13.4 Å². The fourth-order valence-corrected chi connectivity index (χ4v) is 4.76. The topological polar surface area (TPSA) is 0 Å². The molecule has 0 unspecified atom stereocenters. The van der Waals surface area contributed by atoms with Crippen molar-refractivity contribution in [2.75, 3.05) is 0 Å². The lowest BCUT2D eigenvalue weighted by molar-refractivity contribution is 1.71. The van der Waals surface area contributed by atoms with Gasteiger partial charge in [-0.25, -0.2) is 0 Å². The van der Waals surface area contributed by atoms with Crippen LogP contribution in [-0.4, -0.2) is 0 Å². The molecule has 0 aromatic heterocycles. The minimum atomic E-state index is 1.13. The second-order valence-electron chi connectivity index (χ2n) is 4.99. The number of halogens is 3. The summed E-state index contributed by atoms with van der Waals surface area (Å²) in [6, 6.07) is 19.1. The van der Waals surface area contributed by atoms with E-state index in [0.29, 0.717) is 0 Å². The van der Waals surface area contributed by atoms with E-state index in [1.54, 1.807) is 0 Å². The summed E-state index contributed by atoms with van der Waals surface area (Å²) < 4.78 is 3.38. The lowest BCUT2D eigenvalue weighted by Gasteiger charge is -2.13. The molecular weight excluding hydrogens is 456 g/mol. The van der Waals surface area contributed by atoms with Crippen molar-refractivity contribution in [1.29, 1.82) is 0 Å². The lowest BCUT2D eigenvalue weighted by atomic mass is 9.94. The van der Waals surface area contributed by atoms with Crippen molar-refractivity contribution in [3.8, 4) is 0 Å². The standard InChI is InChI=1S/C18H9Br3/c19-13-7-1-4-10-16(13)11-5-2-9-15(21)18(11)12-6-3-8-14(20)17(10)12/h1-9H. The maximum absolute atomic E-state index is 3.72. The lowest BCUT2D eigenvalue weighted by Crippen LogP contribution is -1.86. The molecule has 0 radical (unpaired) electrons. The zero-order valence-electron chi connectivity index (χ0n) is 10.8. The van der Waals surface area contributed by atoms with Gasteiger partial charge in [0.25, 0.3) is 0 Å². The third-order valence-corrected chi connectivity index (χ3v) is 5.83. The number of benzene rings is 4. The van der Waals surface area contributed by atoms with E-state index >= 15 is 0 Å². The van der Waals surface area contributed by atoms with Crippen LogP contribution in [0, 0.1) is 0 Å². The van der Waals surface area contributed by atoms with Crippen LogP contribution in [0.1, 0.15) is 0 Å². The van der Waals surface area contributed by atoms with Crippen molar-refractivity contribution >= 4 is 80.1 Å². The Hall–Kier alpha value is -0.900. The SMILES string of the molecule is Brc1cccc2c1c1cccc(Br)c1c1cccc(Br)c21. The van der Waals surface area contributed by atoms with Crippen LogP contribution in [0.5, 0.6) is 0 Å². The minimum absolute atomic E-state index is 1.13. The highest BCUT2D eigenvalue weighted by atomic mass is 79.9. The predicted molar refractivity (Wildman–Crippen MR) is 102 cm³/mol. The molecule has 0 heterocycles. The van der Waals surface area contributed by atoms with Gasteiger partial charge in [0.05, 0.1) is 0 Å². The molecule has 3 heteroatoms. The van der Waals surface area contributed by atoms with Gasteiger partial charge in [0, 0.05) is 29.6 Å². The third-order valence-electron chi connectivity index (χ3n) is 3.85. The Bertz CT molecular complexity index is 856. The van der Waals surface area contributed by atoms with E-state index in [-0.39, 0.29) is 0 Å². The average molecular weight is 465 g/mol. The van der Waals surface area contributed by atoms with Crippen LogP contribution in [0.2, 0.25) is 0 Å². The molecule has 0 N–H and O–H groups in total. The first-order chi connectivity index (χ1) is 10.2. The largest absolute Gasteiger partial charge is 0.0605 e. The van der Waals surface area contributed by atoms with Crippen molar-refractivity contribution in [2.45, 2.75) is 0 Å². The summed E-state index contributed by atoms with van der Waals surface area (Å²) in [5.74, 6) is 0. The van der Waals surface area contributed by atoms with E-state index in [2.05, 4.69) is 102 Å². The van der Waals surface area contributed by atoms with Gasteiger partial charge in [-0.1, -0.05) is 84.2 Å². The van der Waals surface area contributed by atoms with Crippen LogP contribution in [-0.2, 0) is 0 Å². The van der Waals surface area contributed by atoms with E-state index in [1.165, 1.54) is 32.3 Å². The Labute approximate surface area is 147 Å². The Balaban J connectivity index is 2.51. The van der Waals surface area contributed by atoms with Gasteiger partial charge in [-0.3, -0.25) is 0 Å². The van der Waals surface area contributed by atoms with Crippen LogP contribution in [0.3, 0.4) is 0 Å². The fraction of sp³-hybridized carbons (Fsp3) is 0. The van der Waals surface area contributed by atoms with Crippen LogP contribution < -0.4 is 0 Å². The highest BCUT2D eigenvalue weighted by Crippen LogP contribution is 2.43. The molecule has 0 aliphatic carbocycles. The quantitative estimate of drug-likeness (QED) is 0.237. The van der Waals surface area contributed by atoms with Gasteiger partial charge >= 0.3 is 0 Å². The third kappa shape index (κ3) is 1.98. The summed E-state index contributed by atoms with van der Waals surface area (Å²) in [4.78, 5) is 0. The van der Waals surface area contributed by atoms with Crippen molar-refractivity contribution in [1.82, 2.24) is 0 Å². The maximum Gasteiger partial charge on any atom is 0.0260 e. The summed E-state index contributed by atoms with van der Waals surface area (Å²) >= 11 is 11.2. The van der Waals surface area contributed by atoms with Crippen LogP contribution in [0.25, 0.3) is 32.3 Å². The molecule has 102 valence electrons. The first-order valence-electron chi connectivity index (χ1n) is 6.55. The van der Waals surface area contributed by atoms with E-state index in [4.69, 9.17) is 0 Å². The molecule has 0 bridgehead atoms. The molecule has 0 spiro atoms. The monoisotopic (exact) mass is 462 g/mol. The Kier molecular flexibility index (Phi) is 3.32. The van der Waals surface area contributed by atoms with Gasteiger partial charge in [-0.05, 0) is 34.4 Å². The van der Waals surface area contributed by atoms with Crippen LogP contribution in [0.15, 0.2) is 68.0 Å².